The van der Waals surface area contributed by atoms with Gasteiger partial charge in [-0.15, -0.1) is 0 Å². The van der Waals surface area contributed by atoms with Crippen molar-refractivity contribution in [3.05, 3.63) is 23.4 Å². The zero-order chi connectivity index (χ0) is 14.5. The second-order valence-electron chi connectivity index (χ2n) is 5.48. The van der Waals surface area contributed by atoms with E-state index in [2.05, 4.69) is 24.1 Å². The number of aryl methyl sites for hydroxylation is 1. The second-order valence-corrected chi connectivity index (χ2v) is 5.48. The van der Waals surface area contributed by atoms with Crippen molar-refractivity contribution < 1.29 is 4.79 Å². The molecule has 110 valence electrons. The van der Waals surface area contributed by atoms with Crippen LogP contribution in [0.1, 0.15) is 49.2 Å². The minimum atomic E-state index is 0.146. The number of carbonyl (C=O) groups excluding carboxylic acids is 1. The molecule has 0 spiro atoms. The highest BCUT2D eigenvalue weighted by Crippen LogP contribution is 2.22. The molecule has 1 amide bonds. The van der Waals surface area contributed by atoms with Crippen molar-refractivity contribution in [1.29, 1.82) is 0 Å². The zero-order valence-electron chi connectivity index (χ0n) is 12.8. The molecule has 0 unspecified atom stereocenters. The number of hydrogen-bond acceptors (Lipinski definition) is 3. The molecule has 0 bridgehead atoms. The van der Waals surface area contributed by atoms with E-state index in [1.54, 1.807) is 0 Å². The van der Waals surface area contributed by atoms with Crippen molar-refractivity contribution in [3.63, 3.8) is 0 Å². The number of nitrogens with zero attached hydrogens (tertiary/aromatic N) is 2. The molecule has 1 aliphatic rings. The maximum atomic E-state index is 12.6. The second kappa shape index (κ2) is 6.73. The van der Waals surface area contributed by atoms with Crippen LogP contribution in [0.2, 0.25) is 0 Å². The predicted octanol–water partition coefficient (Wildman–Crippen LogP) is 2.95. The largest absolute Gasteiger partial charge is 0.373 e. The van der Waals surface area contributed by atoms with Crippen molar-refractivity contribution in [2.24, 2.45) is 5.92 Å². The normalized spacial score (nSPS) is 16.2. The van der Waals surface area contributed by atoms with Crippen molar-refractivity contribution >= 4 is 11.7 Å². The number of hydrogen-bond donors (Lipinski definition) is 1. The SMILES string of the molecule is CCc1cc(C(=O)N2CCC(CC)CC2)cc(NC)n1. The first-order valence-electron chi connectivity index (χ1n) is 7.65. The third-order valence-electron chi connectivity index (χ3n) is 4.22. The lowest BCUT2D eigenvalue weighted by atomic mass is 9.94. The molecule has 2 rings (SSSR count). The van der Waals surface area contributed by atoms with Crippen LogP contribution < -0.4 is 5.32 Å². The van der Waals surface area contributed by atoms with Crippen molar-refractivity contribution in [2.45, 2.75) is 39.5 Å². The van der Waals surface area contributed by atoms with Crippen molar-refractivity contribution in [1.82, 2.24) is 9.88 Å². The molecule has 20 heavy (non-hydrogen) atoms. The molecule has 4 heteroatoms. The molecule has 1 fully saturated rings. The Hall–Kier alpha value is -1.58. The van der Waals surface area contributed by atoms with Gasteiger partial charge >= 0.3 is 0 Å². The third-order valence-corrected chi connectivity index (χ3v) is 4.22. The molecule has 0 saturated carbocycles. The summed E-state index contributed by atoms with van der Waals surface area (Å²) in [5, 5.41) is 3.03. The van der Waals surface area contributed by atoms with Gasteiger partial charge in [0.25, 0.3) is 5.91 Å². The summed E-state index contributed by atoms with van der Waals surface area (Å²) in [7, 11) is 1.84. The molecule has 1 N–H and O–H groups in total. The lowest BCUT2D eigenvalue weighted by Gasteiger charge is -2.31. The summed E-state index contributed by atoms with van der Waals surface area (Å²) in [4.78, 5) is 19.0. The summed E-state index contributed by atoms with van der Waals surface area (Å²) >= 11 is 0. The highest BCUT2D eigenvalue weighted by Gasteiger charge is 2.23. The van der Waals surface area contributed by atoms with Gasteiger partial charge in [-0.25, -0.2) is 4.98 Å². The molecule has 4 nitrogen and oxygen atoms in total. The molecular formula is C16H25N3O. The number of anilines is 1. The smallest absolute Gasteiger partial charge is 0.254 e. The number of likely N-dealkylation sites (tertiary alicyclic amines) is 1. The maximum absolute atomic E-state index is 12.6. The van der Waals surface area contributed by atoms with Crippen LogP contribution in [0.4, 0.5) is 5.82 Å². The molecule has 0 radical (unpaired) electrons. The molecule has 1 saturated heterocycles. The Kier molecular flexibility index (Phi) is 4.99. The number of nitrogens with one attached hydrogen (secondary N) is 1. The van der Waals surface area contributed by atoms with E-state index in [4.69, 9.17) is 0 Å². The lowest BCUT2D eigenvalue weighted by Crippen LogP contribution is -2.38. The summed E-state index contributed by atoms with van der Waals surface area (Å²) in [5.74, 6) is 1.71. The van der Waals surface area contributed by atoms with Crippen LogP contribution in [0.3, 0.4) is 0 Å². The minimum absolute atomic E-state index is 0.146. The van der Waals surface area contributed by atoms with Crippen LogP contribution in [0.5, 0.6) is 0 Å². The number of carbonyl (C=O) groups is 1. The van der Waals surface area contributed by atoms with E-state index >= 15 is 0 Å². The molecule has 0 aliphatic carbocycles. The van der Waals surface area contributed by atoms with Gasteiger partial charge in [0.1, 0.15) is 5.82 Å². The summed E-state index contributed by atoms with van der Waals surface area (Å²) in [6, 6.07) is 3.78. The Morgan fingerprint density at radius 1 is 1.35 bits per heavy atom. The van der Waals surface area contributed by atoms with E-state index in [9.17, 15) is 4.79 Å². The minimum Gasteiger partial charge on any atom is -0.373 e. The monoisotopic (exact) mass is 275 g/mol. The lowest BCUT2D eigenvalue weighted by molar-refractivity contribution is 0.0688. The Labute approximate surface area is 121 Å². The topological polar surface area (TPSA) is 45.2 Å². The Morgan fingerprint density at radius 2 is 2.05 bits per heavy atom. The molecule has 0 aromatic carbocycles. The molecule has 0 atom stereocenters. The Bertz CT molecular complexity index is 443. The molecule has 2 heterocycles. The molecular weight excluding hydrogens is 250 g/mol. The molecule has 1 aromatic heterocycles. The maximum Gasteiger partial charge on any atom is 0.254 e. The fourth-order valence-electron chi connectivity index (χ4n) is 2.75. The third kappa shape index (κ3) is 3.30. The Morgan fingerprint density at radius 3 is 2.60 bits per heavy atom. The first-order chi connectivity index (χ1) is 9.67. The summed E-state index contributed by atoms with van der Waals surface area (Å²) in [6.07, 6.45) is 4.33. The van der Waals surface area contributed by atoms with E-state index in [1.165, 1.54) is 6.42 Å². The van der Waals surface area contributed by atoms with Crippen molar-refractivity contribution in [2.75, 3.05) is 25.5 Å². The number of rotatable bonds is 4. The number of amides is 1. The number of pyridine rings is 1. The van der Waals surface area contributed by atoms with Crippen LogP contribution in [-0.2, 0) is 6.42 Å². The number of aromatic nitrogens is 1. The van der Waals surface area contributed by atoms with Crippen LogP contribution in [0.15, 0.2) is 12.1 Å². The fourth-order valence-corrected chi connectivity index (χ4v) is 2.75. The van der Waals surface area contributed by atoms with Crippen LogP contribution in [0, 0.1) is 5.92 Å². The van der Waals surface area contributed by atoms with Gasteiger partial charge < -0.3 is 10.2 Å². The van der Waals surface area contributed by atoms with Gasteiger partial charge in [0, 0.05) is 31.4 Å². The van der Waals surface area contributed by atoms with E-state index in [-0.39, 0.29) is 5.91 Å². The summed E-state index contributed by atoms with van der Waals surface area (Å²) in [5.41, 5.74) is 1.72. The predicted molar refractivity (Wildman–Crippen MR) is 82.1 cm³/mol. The fraction of sp³-hybridized carbons (Fsp3) is 0.625. The highest BCUT2D eigenvalue weighted by molar-refractivity contribution is 5.95. The van der Waals surface area contributed by atoms with Gasteiger partial charge in [0.15, 0.2) is 0 Å². The quantitative estimate of drug-likeness (QED) is 0.919. The zero-order valence-corrected chi connectivity index (χ0v) is 12.8. The molecule has 1 aromatic rings. The van der Waals surface area contributed by atoms with Crippen LogP contribution >= 0.6 is 0 Å². The average Bonchev–Trinajstić information content (AvgIpc) is 2.53. The highest BCUT2D eigenvalue weighted by atomic mass is 16.2. The first-order valence-corrected chi connectivity index (χ1v) is 7.65. The van der Waals surface area contributed by atoms with E-state index in [0.29, 0.717) is 0 Å². The van der Waals surface area contributed by atoms with E-state index in [1.807, 2.05) is 24.1 Å². The Balaban J connectivity index is 2.12. The summed E-state index contributed by atoms with van der Waals surface area (Å²) in [6.45, 7) is 6.06. The van der Waals surface area contributed by atoms with Crippen LogP contribution in [-0.4, -0.2) is 35.9 Å². The average molecular weight is 275 g/mol. The van der Waals surface area contributed by atoms with Gasteiger partial charge in [-0.05, 0) is 37.3 Å². The van der Waals surface area contributed by atoms with Gasteiger partial charge in [0.05, 0.1) is 0 Å². The van der Waals surface area contributed by atoms with Gasteiger partial charge in [-0.3, -0.25) is 4.79 Å². The van der Waals surface area contributed by atoms with E-state index in [0.717, 1.165) is 55.3 Å². The number of piperidine rings is 1. The van der Waals surface area contributed by atoms with Gasteiger partial charge in [0.2, 0.25) is 0 Å². The van der Waals surface area contributed by atoms with Crippen LogP contribution in [0.25, 0.3) is 0 Å². The first kappa shape index (κ1) is 14.8. The van der Waals surface area contributed by atoms with Gasteiger partial charge in [-0.2, -0.15) is 0 Å². The van der Waals surface area contributed by atoms with Crippen molar-refractivity contribution in [3.8, 4) is 0 Å². The molecule has 1 aliphatic heterocycles. The van der Waals surface area contributed by atoms with E-state index < -0.39 is 0 Å². The standard InChI is InChI=1S/C16H25N3O/c1-4-12-6-8-19(9-7-12)16(20)13-10-14(5-2)18-15(11-13)17-3/h10-12H,4-9H2,1-3H3,(H,17,18). The summed E-state index contributed by atoms with van der Waals surface area (Å²) < 4.78 is 0. The van der Waals surface area contributed by atoms with Gasteiger partial charge in [-0.1, -0.05) is 20.3 Å².